The maximum atomic E-state index is 12.2. The van der Waals surface area contributed by atoms with Gasteiger partial charge in [0.05, 0.1) is 6.26 Å². The number of nitrogens with zero attached hydrogens (tertiary/aromatic N) is 1. The van der Waals surface area contributed by atoms with Gasteiger partial charge in [0.2, 0.25) is 0 Å². The van der Waals surface area contributed by atoms with E-state index < -0.39 is 0 Å². The molecule has 0 bridgehead atoms. The van der Waals surface area contributed by atoms with E-state index in [4.69, 9.17) is 4.42 Å². The Bertz CT molecular complexity index is 436. The van der Waals surface area contributed by atoms with Crippen molar-refractivity contribution in [1.82, 2.24) is 4.90 Å². The number of piperidine rings is 1. The summed E-state index contributed by atoms with van der Waals surface area (Å²) in [4.78, 5) is 25.5. The topological polar surface area (TPSA) is 50.5 Å². The van der Waals surface area contributed by atoms with Crippen molar-refractivity contribution in [2.75, 3.05) is 13.1 Å². The van der Waals surface area contributed by atoms with E-state index in [1.807, 2.05) is 13.8 Å². The van der Waals surface area contributed by atoms with Crippen LogP contribution in [0.25, 0.3) is 0 Å². The molecule has 1 aromatic heterocycles. The second kappa shape index (κ2) is 4.73. The van der Waals surface area contributed by atoms with Crippen molar-refractivity contribution < 1.29 is 14.0 Å². The smallest absolute Gasteiger partial charge is 0.289 e. The lowest BCUT2D eigenvalue weighted by molar-refractivity contribution is -0.125. The predicted molar refractivity (Wildman–Crippen MR) is 62.8 cm³/mol. The fourth-order valence-corrected chi connectivity index (χ4v) is 2.19. The molecule has 1 unspecified atom stereocenters. The van der Waals surface area contributed by atoms with Crippen molar-refractivity contribution in [3.05, 3.63) is 23.7 Å². The zero-order valence-corrected chi connectivity index (χ0v) is 10.2. The molecule has 2 heterocycles. The van der Waals surface area contributed by atoms with Crippen LogP contribution in [-0.2, 0) is 4.79 Å². The molecule has 0 spiro atoms. The number of ketones is 1. The van der Waals surface area contributed by atoms with Gasteiger partial charge in [-0.1, -0.05) is 6.92 Å². The normalized spacial score (nSPS) is 20.7. The van der Waals surface area contributed by atoms with Gasteiger partial charge in [0.25, 0.3) is 5.91 Å². The summed E-state index contributed by atoms with van der Waals surface area (Å²) in [5.74, 6) is 0.559. The van der Waals surface area contributed by atoms with Gasteiger partial charge in [-0.25, -0.2) is 0 Å². The van der Waals surface area contributed by atoms with Crippen molar-refractivity contribution in [2.45, 2.75) is 26.7 Å². The molecule has 0 aromatic carbocycles. The van der Waals surface area contributed by atoms with Crippen LogP contribution in [0.5, 0.6) is 0 Å². The van der Waals surface area contributed by atoms with E-state index in [1.165, 1.54) is 6.26 Å². The van der Waals surface area contributed by atoms with E-state index in [-0.39, 0.29) is 17.6 Å². The minimum atomic E-state index is -0.0987. The van der Waals surface area contributed by atoms with Gasteiger partial charge in [-0.2, -0.15) is 0 Å². The Kier molecular flexibility index (Phi) is 3.31. The molecule has 92 valence electrons. The molecule has 0 aliphatic carbocycles. The van der Waals surface area contributed by atoms with E-state index in [2.05, 4.69) is 0 Å². The zero-order chi connectivity index (χ0) is 12.4. The van der Waals surface area contributed by atoms with Crippen molar-refractivity contribution in [2.24, 2.45) is 5.92 Å². The Morgan fingerprint density at radius 2 is 2.35 bits per heavy atom. The lowest BCUT2D eigenvalue weighted by Gasteiger charge is -2.30. The Morgan fingerprint density at radius 3 is 2.94 bits per heavy atom. The average molecular weight is 235 g/mol. The fourth-order valence-electron chi connectivity index (χ4n) is 2.19. The molecule has 1 saturated heterocycles. The van der Waals surface area contributed by atoms with E-state index in [0.717, 1.165) is 12.0 Å². The summed E-state index contributed by atoms with van der Waals surface area (Å²) in [7, 11) is 0. The second-order valence-corrected chi connectivity index (χ2v) is 4.51. The predicted octanol–water partition coefficient (Wildman–Crippen LogP) is 2.03. The van der Waals surface area contributed by atoms with Crippen LogP contribution in [0.4, 0.5) is 0 Å². The van der Waals surface area contributed by atoms with E-state index in [0.29, 0.717) is 25.3 Å². The maximum Gasteiger partial charge on any atom is 0.289 e. The summed E-state index contributed by atoms with van der Waals surface area (Å²) < 4.78 is 5.20. The number of furan rings is 1. The number of carbonyl (C=O) groups excluding carboxylic acids is 2. The SMILES string of the molecule is CCC1CN(C(=O)c2occc2C)CCC1=O. The summed E-state index contributed by atoms with van der Waals surface area (Å²) >= 11 is 0. The van der Waals surface area contributed by atoms with E-state index in [1.54, 1.807) is 11.0 Å². The van der Waals surface area contributed by atoms with Gasteiger partial charge >= 0.3 is 0 Å². The van der Waals surface area contributed by atoms with Gasteiger partial charge in [-0.3, -0.25) is 9.59 Å². The third-order valence-electron chi connectivity index (χ3n) is 3.36. The first-order valence-electron chi connectivity index (χ1n) is 5.99. The second-order valence-electron chi connectivity index (χ2n) is 4.51. The molecule has 1 aliphatic heterocycles. The van der Waals surface area contributed by atoms with Crippen LogP contribution in [0.15, 0.2) is 16.7 Å². The highest BCUT2D eigenvalue weighted by atomic mass is 16.3. The van der Waals surface area contributed by atoms with Crippen molar-refractivity contribution in [3.8, 4) is 0 Å². The van der Waals surface area contributed by atoms with Crippen molar-refractivity contribution in [3.63, 3.8) is 0 Å². The third-order valence-corrected chi connectivity index (χ3v) is 3.36. The Morgan fingerprint density at radius 1 is 1.59 bits per heavy atom. The molecule has 4 heteroatoms. The molecule has 4 nitrogen and oxygen atoms in total. The number of carbonyl (C=O) groups is 2. The van der Waals surface area contributed by atoms with Crippen LogP contribution in [-0.4, -0.2) is 29.7 Å². The summed E-state index contributed by atoms with van der Waals surface area (Å²) in [5.41, 5.74) is 0.847. The number of hydrogen-bond donors (Lipinski definition) is 0. The summed E-state index contributed by atoms with van der Waals surface area (Å²) in [6.45, 7) is 4.86. The molecule has 1 fully saturated rings. The molecule has 1 atom stereocenters. The van der Waals surface area contributed by atoms with Crippen LogP contribution < -0.4 is 0 Å². The molecule has 1 aliphatic rings. The van der Waals surface area contributed by atoms with Crippen LogP contribution >= 0.6 is 0 Å². The van der Waals surface area contributed by atoms with Gasteiger partial charge in [0.1, 0.15) is 5.78 Å². The fraction of sp³-hybridized carbons (Fsp3) is 0.538. The molecule has 17 heavy (non-hydrogen) atoms. The lowest BCUT2D eigenvalue weighted by Crippen LogP contribution is -2.44. The molecule has 0 N–H and O–H groups in total. The number of hydrogen-bond acceptors (Lipinski definition) is 3. The van der Waals surface area contributed by atoms with Gasteiger partial charge in [0.15, 0.2) is 5.76 Å². The molecule has 1 aromatic rings. The highest BCUT2D eigenvalue weighted by Gasteiger charge is 2.30. The van der Waals surface area contributed by atoms with Gasteiger partial charge < -0.3 is 9.32 Å². The zero-order valence-electron chi connectivity index (χ0n) is 10.2. The summed E-state index contributed by atoms with van der Waals surface area (Å²) in [5, 5.41) is 0. The van der Waals surface area contributed by atoms with E-state index >= 15 is 0 Å². The molecule has 1 amide bonds. The molecule has 0 saturated carbocycles. The first kappa shape index (κ1) is 11.9. The molecule has 0 radical (unpaired) electrons. The quantitative estimate of drug-likeness (QED) is 0.788. The summed E-state index contributed by atoms with van der Waals surface area (Å²) in [6.07, 6.45) is 2.78. The van der Waals surface area contributed by atoms with Crippen LogP contribution in [0, 0.1) is 12.8 Å². The Labute approximate surface area is 101 Å². The Balaban J connectivity index is 2.11. The van der Waals surface area contributed by atoms with Gasteiger partial charge in [0, 0.05) is 31.0 Å². The average Bonchev–Trinajstić information content (AvgIpc) is 2.75. The first-order chi connectivity index (χ1) is 8.13. The molecular formula is C13H17NO3. The van der Waals surface area contributed by atoms with Crippen molar-refractivity contribution in [1.29, 1.82) is 0 Å². The standard InChI is InChI=1S/C13H17NO3/c1-3-10-8-14(6-4-11(10)15)13(16)12-9(2)5-7-17-12/h5,7,10H,3-4,6,8H2,1-2H3. The van der Waals surface area contributed by atoms with Gasteiger partial charge in [-0.05, 0) is 19.4 Å². The molecular weight excluding hydrogens is 218 g/mol. The number of Topliss-reactive ketones (excluding diaryl/α,β-unsaturated/α-hetero) is 1. The number of amides is 1. The first-order valence-corrected chi connectivity index (χ1v) is 5.99. The van der Waals surface area contributed by atoms with Crippen LogP contribution in [0.3, 0.4) is 0 Å². The minimum absolute atomic E-state index is 0.0111. The largest absolute Gasteiger partial charge is 0.459 e. The number of rotatable bonds is 2. The molecule has 2 rings (SSSR count). The minimum Gasteiger partial charge on any atom is -0.459 e. The van der Waals surface area contributed by atoms with Gasteiger partial charge in [-0.15, -0.1) is 0 Å². The van der Waals surface area contributed by atoms with E-state index in [9.17, 15) is 9.59 Å². The van der Waals surface area contributed by atoms with Crippen molar-refractivity contribution >= 4 is 11.7 Å². The number of aryl methyl sites for hydroxylation is 1. The monoisotopic (exact) mass is 235 g/mol. The summed E-state index contributed by atoms with van der Waals surface area (Å²) in [6, 6.07) is 1.78. The third kappa shape index (κ3) is 2.25. The Hall–Kier alpha value is -1.58. The van der Waals surface area contributed by atoms with Crippen LogP contribution in [0.2, 0.25) is 0 Å². The van der Waals surface area contributed by atoms with Crippen LogP contribution in [0.1, 0.15) is 35.9 Å². The lowest BCUT2D eigenvalue weighted by atomic mass is 9.94. The maximum absolute atomic E-state index is 12.2. The highest BCUT2D eigenvalue weighted by molar-refractivity contribution is 5.94. The number of likely N-dealkylation sites (tertiary alicyclic amines) is 1. The highest BCUT2D eigenvalue weighted by Crippen LogP contribution is 2.19.